The summed E-state index contributed by atoms with van der Waals surface area (Å²) >= 11 is 0. The molecule has 4 aromatic rings. The smallest absolute Gasteiger partial charge is 0.101 e. The highest BCUT2D eigenvalue weighted by molar-refractivity contribution is 5.96. The van der Waals surface area contributed by atoms with E-state index in [-0.39, 0.29) is 12.1 Å². The average Bonchev–Trinajstić information content (AvgIpc) is 3.26. The Kier molecular flexibility index (Phi) is 4.70. The van der Waals surface area contributed by atoms with Gasteiger partial charge in [0.05, 0.1) is 34.4 Å². The summed E-state index contributed by atoms with van der Waals surface area (Å²) in [6.45, 7) is 9.43. The summed E-state index contributed by atoms with van der Waals surface area (Å²) < 4.78 is 2.22. The second-order valence-electron chi connectivity index (χ2n) is 9.09. The number of pyridine rings is 1. The minimum Gasteiger partial charge on any atom is -0.369 e. The minimum atomic E-state index is 0.146. The number of aromatic nitrogens is 3. The highest BCUT2D eigenvalue weighted by atomic mass is 15.4. The lowest BCUT2D eigenvalue weighted by Gasteiger charge is -2.40. The number of benzene rings is 2. The molecule has 6 rings (SSSR count). The Morgan fingerprint density at radius 2 is 1.91 bits per heavy atom. The van der Waals surface area contributed by atoms with Crippen molar-refractivity contribution < 1.29 is 0 Å². The zero-order valence-electron chi connectivity index (χ0n) is 19.0. The monoisotopic (exact) mass is 437 g/mol. The van der Waals surface area contributed by atoms with Gasteiger partial charge in [-0.3, -0.25) is 9.67 Å². The van der Waals surface area contributed by atoms with Crippen LogP contribution in [0.25, 0.3) is 21.8 Å². The van der Waals surface area contributed by atoms with Crippen LogP contribution in [0.3, 0.4) is 0 Å². The van der Waals surface area contributed by atoms with Crippen LogP contribution in [0, 0.1) is 11.3 Å². The molecule has 0 amide bonds. The largest absolute Gasteiger partial charge is 0.369 e. The molecule has 1 N–H and O–H groups in total. The Morgan fingerprint density at radius 1 is 1.06 bits per heavy atom. The van der Waals surface area contributed by atoms with Crippen LogP contribution in [-0.4, -0.2) is 47.5 Å². The highest BCUT2D eigenvalue weighted by Gasteiger charge is 2.32. The number of nitrogens with one attached hydrogen (secondary N) is 1. The molecule has 0 spiro atoms. The predicted molar refractivity (Wildman–Crippen MR) is 132 cm³/mol. The molecule has 0 aliphatic carbocycles. The molecule has 1 fully saturated rings. The van der Waals surface area contributed by atoms with E-state index in [2.05, 4.69) is 75.0 Å². The number of fused-ring (bicyclic) bond motifs is 4. The molecule has 0 saturated carbocycles. The van der Waals surface area contributed by atoms with E-state index in [9.17, 15) is 5.26 Å². The predicted octanol–water partition coefficient (Wildman–Crippen LogP) is 4.01. The van der Waals surface area contributed by atoms with Crippen LogP contribution in [-0.2, 0) is 0 Å². The van der Waals surface area contributed by atoms with Gasteiger partial charge in [-0.25, -0.2) is 0 Å². The van der Waals surface area contributed by atoms with E-state index in [0.29, 0.717) is 5.56 Å². The first-order valence-corrected chi connectivity index (χ1v) is 11.7. The molecule has 2 aliphatic rings. The summed E-state index contributed by atoms with van der Waals surface area (Å²) in [6, 6.07) is 17.4. The molecule has 2 aromatic carbocycles. The van der Waals surface area contributed by atoms with Gasteiger partial charge in [-0.05, 0) is 56.3 Å². The van der Waals surface area contributed by atoms with Gasteiger partial charge in [0.15, 0.2) is 0 Å². The van der Waals surface area contributed by atoms with E-state index in [1.807, 2.05) is 12.1 Å². The average molecular weight is 438 g/mol. The lowest BCUT2D eigenvalue weighted by Crippen LogP contribution is -2.43. The SMILES string of the molecule is C[C@@H]1c2c3ccc(N4CCNCC4)cc3nn2[C@H](C)CN1c1ccc(C#N)c2ncccc12. The molecular formula is C26H27N7. The fourth-order valence-corrected chi connectivity index (χ4v) is 5.46. The normalized spacial score (nSPS) is 20.8. The fourth-order valence-electron chi connectivity index (χ4n) is 5.46. The van der Waals surface area contributed by atoms with E-state index < -0.39 is 0 Å². The molecule has 0 bridgehead atoms. The van der Waals surface area contributed by atoms with Crippen molar-refractivity contribution in [3.05, 3.63) is 59.9 Å². The second-order valence-corrected chi connectivity index (χ2v) is 9.09. The molecule has 7 heteroatoms. The third-order valence-corrected chi connectivity index (χ3v) is 7.12. The number of anilines is 2. The zero-order chi connectivity index (χ0) is 22.5. The van der Waals surface area contributed by atoms with Crippen LogP contribution in [0.1, 0.15) is 37.2 Å². The van der Waals surface area contributed by atoms with Crippen LogP contribution >= 0.6 is 0 Å². The van der Waals surface area contributed by atoms with Crippen LogP contribution in [0.4, 0.5) is 11.4 Å². The van der Waals surface area contributed by atoms with Gasteiger partial charge in [0.2, 0.25) is 0 Å². The van der Waals surface area contributed by atoms with Crippen molar-refractivity contribution in [2.45, 2.75) is 25.9 Å². The number of rotatable bonds is 2. The zero-order valence-corrected chi connectivity index (χ0v) is 19.0. The molecule has 2 atom stereocenters. The number of hydrogen-bond acceptors (Lipinski definition) is 6. The molecule has 4 heterocycles. The number of nitrogens with zero attached hydrogens (tertiary/aromatic N) is 6. The Balaban J connectivity index is 1.44. The van der Waals surface area contributed by atoms with Crippen molar-refractivity contribution >= 4 is 33.2 Å². The minimum absolute atomic E-state index is 0.146. The maximum absolute atomic E-state index is 9.55. The van der Waals surface area contributed by atoms with Gasteiger partial charge in [-0.15, -0.1) is 0 Å². The maximum Gasteiger partial charge on any atom is 0.101 e. The molecule has 2 aliphatic heterocycles. The molecule has 1 saturated heterocycles. The molecule has 33 heavy (non-hydrogen) atoms. The molecule has 7 nitrogen and oxygen atoms in total. The first-order chi connectivity index (χ1) is 16.2. The van der Waals surface area contributed by atoms with E-state index in [1.54, 1.807) is 6.20 Å². The number of hydrogen-bond donors (Lipinski definition) is 1. The highest BCUT2D eigenvalue weighted by Crippen LogP contribution is 2.41. The first-order valence-electron chi connectivity index (χ1n) is 11.7. The summed E-state index contributed by atoms with van der Waals surface area (Å²) in [7, 11) is 0. The van der Waals surface area contributed by atoms with Gasteiger partial charge in [-0.2, -0.15) is 10.4 Å². The summed E-state index contributed by atoms with van der Waals surface area (Å²) in [5.74, 6) is 0. The molecule has 0 unspecified atom stereocenters. The van der Waals surface area contributed by atoms with Crippen molar-refractivity contribution in [1.29, 1.82) is 5.26 Å². The summed E-state index contributed by atoms with van der Waals surface area (Å²) in [5, 5.41) is 20.3. The Morgan fingerprint density at radius 3 is 2.73 bits per heavy atom. The Labute approximate surface area is 193 Å². The number of nitriles is 1. The lowest BCUT2D eigenvalue weighted by atomic mass is 10.0. The van der Waals surface area contributed by atoms with Gasteiger partial charge in [0, 0.05) is 61.1 Å². The van der Waals surface area contributed by atoms with Crippen molar-refractivity contribution in [3.8, 4) is 6.07 Å². The van der Waals surface area contributed by atoms with Crippen molar-refractivity contribution in [1.82, 2.24) is 20.1 Å². The number of piperazine rings is 1. The van der Waals surface area contributed by atoms with Gasteiger partial charge in [-0.1, -0.05) is 0 Å². The summed E-state index contributed by atoms with van der Waals surface area (Å²) in [6.07, 6.45) is 1.76. The van der Waals surface area contributed by atoms with E-state index in [4.69, 9.17) is 5.10 Å². The van der Waals surface area contributed by atoms with Gasteiger partial charge in [0.25, 0.3) is 0 Å². The third kappa shape index (κ3) is 3.13. The van der Waals surface area contributed by atoms with Crippen LogP contribution in [0.5, 0.6) is 0 Å². The Hall–Kier alpha value is -3.63. The van der Waals surface area contributed by atoms with E-state index in [0.717, 1.165) is 54.8 Å². The topological polar surface area (TPSA) is 73.0 Å². The molecule has 0 radical (unpaired) electrons. The lowest BCUT2D eigenvalue weighted by molar-refractivity contribution is 0.399. The summed E-state index contributed by atoms with van der Waals surface area (Å²) in [5.41, 5.74) is 6.06. The van der Waals surface area contributed by atoms with Gasteiger partial charge < -0.3 is 15.1 Å². The molecule has 166 valence electrons. The van der Waals surface area contributed by atoms with Gasteiger partial charge in [0.1, 0.15) is 6.07 Å². The Bertz CT molecular complexity index is 1390. The van der Waals surface area contributed by atoms with E-state index >= 15 is 0 Å². The van der Waals surface area contributed by atoms with Crippen molar-refractivity contribution in [2.24, 2.45) is 0 Å². The van der Waals surface area contributed by atoms with E-state index in [1.165, 1.54) is 16.8 Å². The van der Waals surface area contributed by atoms with Crippen LogP contribution < -0.4 is 15.1 Å². The second kappa shape index (κ2) is 7.75. The molecular weight excluding hydrogens is 410 g/mol. The fraction of sp³-hybridized carbons (Fsp3) is 0.346. The van der Waals surface area contributed by atoms with Crippen LogP contribution in [0.2, 0.25) is 0 Å². The van der Waals surface area contributed by atoms with Gasteiger partial charge >= 0.3 is 0 Å². The third-order valence-electron chi connectivity index (χ3n) is 7.12. The first kappa shape index (κ1) is 20.0. The van der Waals surface area contributed by atoms with Crippen molar-refractivity contribution in [2.75, 3.05) is 42.5 Å². The standard InChI is InChI=1S/C26H27N7/c1-17-16-32(24-8-5-19(15-27)25-22(24)4-3-9-29-25)18(2)26-21-7-6-20(14-23(21)30-33(17)26)31-12-10-28-11-13-31/h3-9,14,17-18,28H,10-13,16H2,1-2H3/t17-,18-/m1/s1. The van der Waals surface area contributed by atoms with Crippen LogP contribution in [0.15, 0.2) is 48.7 Å². The summed E-state index contributed by atoms with van der Waals surface area (Å²) in [4.78, 5) is 9.39. The molecule has 2 aromatic heterocycles. The quantitative estimate of drug-likeness (QED) is 0.511. The van der Waals surface area contributed by atoms with Crippen molar-refractivity contribution in [3.63, 3.8) is 0 Å². The maximum atomic E-state index is 9.55.